The van der Waals surface area contributed by atoms with Crippen molar-refractivity contribution in [3.05, 3.63) is 22.7 Å². The van der Waals surface area contributed by atoms with E-state index >= 15 is 0 Å². The number of H-pyrrole nitrogens is 1. The van der Waals surface area contributed by atoms with Gasteiger partial charge in [0.1, 0.15) is 5.52 Å². The van der Waals surface area contributed by atoms with Crippen molar-refractivity contribution in [1.82, 2.24) is 19.7 Å². The fourth-order valence-electron chi connectivity index (χ4n) is 1.24. The molecule has 0 fully saturated rings. The number of hydrogen-bond donors (Lipinski definition) is 1. The number of nitrogens with one attached hydrogen (secondary N) is 1. The molecule has 0 aromatic carbocycles. The topological polar surface area (TPSA) is 63.6 Å². The molecule has 0 saturated heterocycles. The molecule has 5 heteroatoms. The highest BCUT2D eigenvalue weighted by molar-refractivity contribution is 5.68. The quantitative estimate of drug-likeness (QED) is 0.699. The third kappa shape index (κ3) is 1.22. The lowest BCUT2D eigenvalue weighted by Crippen LogP contribution is -2.10. The molecular formula is C8H10N4O. The van der Waals surface area contributed by atoms with Gasteiger partial charge in [0.05, 0.1) is 12.4 Å². The summed E-state index contributed by atoms with van der Waals surface area (Å²) in [5.74, 6) is 0. The molecule has 0 aliphatic rings. The lowest BCUT2D eigenvalue weighted by molar-refractivity contribution is 0.546. The Morgan fingerprint density at radius 2 is 2.23 bits per heavy atom. The van der Waals surface area contributed by atoms with Crippen LogP contribution in [-0.4, -0.2) is 19.7 Å². The second-order valence-corrected chi connectivity index (χ2v) is 3.16. The molecule has 1 N–H and O–H groups in total. The summed E-state index contributed by atoms with van der Waals surface area (Å²) >= 11 is 0. The van der Waals surface area contributed by atoms with Crippen molar-refractivity contribution in [2.75, 3.05) is 0 Å². The highest BCUT2D eigenvalue weighted by Crippen LogP contribution is 2.10. The van der Waals surface area contributed by atoms with E-state index in [-0.39, 0.29) is 11.6 Å². The van der Waals surface area contributed by atoms with Crippen molar-refractivity contribution in [3.8, 4) is 0 Å². The van der Waals surface area contributed by atoms with Crippen LogP contribution in [0, 0.1) is 0 Å². The van der Waals surface area contributed by atoms with E-state index < -0.39 is 0 Å². The number of hydrogen-bond acceptors (Lipinski definition) is 3. The van der Waals surface area contributed by atoms with Gasteiger partial charge >= 0.3 is 0 Å². The molecule has 0 aliphatic carbocycles. The molecule has 68 valence electrons. The van der Waals surface area contributed by atoms with Crippen LogP contribution in [0.4, 0.5) is 0 Å². The number of rotatable bonds is 1. The van der Waals surface area contributed by atoms with E-state index in [1.165, 1.54) is 6.20 Å². The first-order valence-corrected chi connectivity index (χ1v) is 4.11. The number of nitrogens with zero attached hydrogens (tertiary/aromatic N) is 3. The Hall–Kier alpha value is -1.65. The van der Waals surface area contributed by atoms with E-state index in [0.717, 1.165) is 0 Å². The molecule has 0 spiro atoms. The van der Waals surface area contributed by atoms with E-state index in [0.29, 0.717) is 11.2 Å². The van der Waals surface area contributed by atoms with Crippen LogP contribution >= 0.6 is 0 Å². The summed E-state index contributed by atoms with van der Waals surface area (Å²) in [5.41, 5.74) is 1.20. The fourth-order valence-corrected chi connectivity index (χ4v) is 1.24. The molecule has 0 amide bonds. The van der Waals surface area contributed by atoms with Crippen molar-refractivity contribution < 1.29 is 0 Å². The van der Waals surface area contributed by atoms with Crippen LogP contribution in [0.3, 0.4) is 0 Å². The van der Waals surface area contributed by atoms with Gasteiger partial charge in [-0.1, -0.05) is 0 Å². The standard InChI is InChI=1S/C8H10N4O/c1-5(2)12-8-6(3-10-12)9-4-7(13)11-8/h3-5H,1-2H3,(H,11,13). The summed E-state index contributed by atoms with van der Waals surface area (Å²) in [6.45, 7) is 4.00. The Balaban J connectivity index is 2.79. The zero-order chi connectivity index (χ0) is 9.42. The third-order valence-corrected chi connectivity index (χ3v) is 1.83. The zero-order valence-electron chi connectivity index (χ0n) is 7.48. The van der Waals surface area contributed by atoms with Gasteiger partial charge in [-0.15, -0.1) is 0 Å². The molecule has 13 heavy (non-hydrogen) atoms. The van der Waals surface area contributed by atoms with Crippen LogP contribution in [0.25, 0.3) is 11.2 Å². The average Bonchev–Trinajstić information content (AvgIpc) is 2.46. The Morgan fingerprint density at radius 1 is 1.46 bits per heavy atom. The minimum absolute atomic E-state index is 0.199. The van der Waals surface area contributed by atoms with Crippen molar-refractivity contribution in [1.29, 1.82) is 0 Å². The van der Waals surface area contributed by atoms with Gasteiger partial charge in [0, 0.05) is 6.04 Å². The minimum atomic E-state index is -0.199. The first-order valence-electron chi connectivity index (χ1n) is 4.11. The predicted molar refractivity (Wildman–Crippen MR) is 48.5 cm³/mol. The first kappa shape index (κ1) is 7.97. The van der Waals surface area contributed by atoms with Crippen LogP contribution in [0.1, 0.15) is 19.9 Å². The monoisotopic (exact) mass is 178 g/mol. The van der Waals surface area contributed by atoms with Gasteiger partial charge in [-0.2, -0.15) is 5.10 Å². The van der Waals surface area contributed by atoms with Crippen molar-refractivity contribution >= 4 is 11.2 Å². The molecule has 0 bridgehead atoms. The van der Waals surface area contributed by atoms with Gasteiger partial charge in [0.25, 0.3) is 5.56 Å². The smallest absolute Gasteiger partial charge is 0.268 e. The SMILES string of the molecule is CC(C)n1ncc2ncc(=O)[nH]c21. The molecule has 2 aromatic heterocycles. The van der Waals surface area contributed by atoms with Gasteiger partial charge in [-0.25, -0.2) is 9.67 Å². The Morgan fingerprint density at radius 3 is 2.92 bits per heavy atom. The summed E-state index contributed by atoms with van der Waals surface area (Å²) in [6.07, 6.45) is 2.90. The van der Waals surface area contributed by atoms with Gasteiger partial charge in [-0.05, 0) is 13.8 Å². The summed E-state index contributed by atoms with van der Waals surface area (Å²) in [4.78, 5) is 17.7. The largest absolute Gasteiger partial charge is 0.304 e. The highest BCUT2D eigenvalue weighted by Gasteiger charge is 2.06. The lowest BCUT2D eigenvalue weighted by Gasteiger charge is -2.05. The molecule has 0 saturated carbocycles. The maximum Gasteiger partial charge on any atom is 0.268 e. The summed E-state index contributed by atoms with van der Waals surface area (Å²) < 4.78 is 1.74. The van der Waals surface area contributed by atoms with Gasteiger partial charge in [-0.3, -0.25) is 4.79 Å². The average molecular weight is 178 g/mol. The molecule has 2 aromatic rings. The van der Waals surface area contributed by atoms with E-state index in [1.54, 1.807) is 10.9 Å². The summed E-state index contributed by atoms with van der Waals surface area (Å²) in [5, 5.41) is 4.12. The van der Waals surface area contributed by atoms with E-state index in [4.69, 9.17) is 0 Å². The molecule has 2 rings (SSSR count). The Bertz CT molecular complexity index is 482. The zero-order valence-corrected chi connectivity index (χ0v) is 7.48. The number of aromatic nitrogens is 4. The van der Waals surface area contributed by atoms with Crippen molar-refractivity contribution in [2.45, 2.75) is 19.9 Å². The molecule has 0 unspecified atom stereocenters. The highest BCUT2D eigenvalue weighted by atomic mass is 16.1. The molecular weight excluding hydrogens is 168 g/mol. The fraction of sp³-hybridized carbons (Fsp3) is 0.375. The third-order valence-electron chi connectivity index (χ3n) is 1.83. The van der Waals surface area contributed by atoms with Gasteiger partial charge < -0.3 is 4.98 Å². The maximum absolute atomic E-state index is 11.0. The Kier molecular flexibility index (Phi) is 1.65. The predicted octanol–water partition coefficient (Wildman–Crippen LogP) is 0.700. The van der Waals surface area contributed by atoms with Crippen molar-refractivity contribution in [2.24, 2.45) is 0 Å². The Labute approximate surface area is 74.4 Å². The second kappa shape index (κ2) is 2.69. The molecule has 0 radical (unpaired) electrons. The van der Waals surface area contributed by atoms with Crippen molar-refractivity contribution in [3.63, 3.8) is 0 Å². The molecule has 2 heterocycles. The summed E-state index contributed by atoms with van der Waals surface area (Å²) in [7, 11) is 0. The first-order chi connectivity index (χ1) is 6.18. The van der Waals surface area contributed by atoms with Gasteiger partial charge in [0.15, 0.2) is 5.65 Å². The molecule has 5 nitrogen and oxygen atoms in total. The lowest BCUT2D eigenvalue weighted by atomic mass is 10.4. The van der Waals surface area contributed by atoms with Crippen LogP contribution in [-0.2, 0) is 0 Å². The second-order valence-electron chi connectivity index (χ2n) is 3.16. The summed E-state index contributed by atoms with van der Waals surface area (Å²) in [6, 6.07) is 0.220. The van der Waals surface area contributed by atoms with Crippen LogP contribution in [0.2, 0.25) is 0 Å². The maximum atomic E-state index is 11.0. The van der Waals surface area contributed by atoms with E-state index in [2.05, 4.69) is 15.1 Å². The molecule has 0 aliphatic heterocycles. The number of fused-ring (bicyclic) bond motifs is 1. The van der Waals surface area contributed by atoms with E-state index in [1.807, 2.05) is 13.8 Å². The molecule has 0 atom stereocenters. The number of aromatic amines is 1. The van der Waals surface area contributed by atoms with E-state index in [9.17, 15) is 4.79 Å². The normalized spacial score (nSPS) is 11.3. The van der Waals surface area contributed by atoms with Crippen LogP contribution in [0.5, 0.6) is 0 Å². The van der Waals surface area contributed by atoms with Crippen LogP contribution in [0.15, 0.2) is 17.2 Å². The minimum Gasteiger partial charge on any atom is -0.304 e. The van der Waals surface area contributed by atoms with Gasteiger partial charge in [0.2, 0.25) is 0 Å². The van der Waals surface area contributed by atoms with Crippen LogP contribution < -0.4 is 5.56 Å².